The van der Waals surface area contributed by atoms with E-state index < -0.39 is 22.4 Å². The maximum atomic E-state index is 13.4. The fraction of sp³-hybridized carbons (Fsp3) is 0.273. The number of benzene rings is 1. The van der Waals surface area contributed by atoms with Crippen molar-refractivity contribution in [3.63, 3.8) is 0 Å². The zero-order valence-corrected chi connectivity index (χ0v) is 10.0. The van der Waals surface area contributed by atoms with Crippen molar-refractivity contribution in [2.75, 3.05) is 10.5 Å². The summed E-state index contributed by atoms with van der Waals surface area (Å²) in [7, 11) is -3.62. The summed E-state index contributed by atoms with van der Waals surface area (Å²) >= 11 is 0. The number of hydrogen-bond acceptors (Lipinski definition) is 3. The van der Waals surface area contributed by atoms with E-state index in [2.05, 4.69) is 11.3 Å². The quantitative estimate of drug-likeness (QED) is 0.763. The average molecular weight is 259 g/mol. The second-order valence-corrected chi connectivity index (χ2v) is 5.27. The molecule has 0 aromatic heterocycles. The van der Waals surface area contributed by atoms with Crippen molar-refractivity contribution in [2.45, 2.75) is 13.0 Å². The van der Waals surface area contributed by atoms with E-state index in [1.807, 2.05) is 0 Å². The monoisotopic (exact) mass is 259 g/mol. The topological polar surface area (TPSA) is 66.4 Å². The summed E-state index contributed by atoms with van der Waals surface area (Å²) in [6, 6.07) is 3.99. The lowest BCUT2D eigenvalue weighted by molar-refractivity contribution is 0.282. The molecule has 0 bridgehead atoms. The van der Waals surface area contributed by atoms with Gasteiger partial charge in [-0.3, -0.25) is 4.72 Å². The summed E-state index contributed by atoms with van der Waals surface area (Å²) in [5.74, 6) is -0.880. The Hall–Kier alpha value is -1.40. The van der Waals surface area contributed by atoms with Gasteiger partial charge in [0.05, 0.1) is 18.0 Å². The van der Waals surface area contributed by atoms with Crippen LogP contribution in [0.5, 0.6) is 0 Å². The minimum Gasteiger partial charge on any atom is -0.392 e. The van der Waals surface area contributed by atoms with Crippen molar-refractivity contribution >= 4 is 15.7 Å². The van der Waals surface area contributed by atoms with E-state index in [4.69, 9.17) is 5.11 Å². The Morgan fingerprint density at radius 3 is 2.76 bits per heavy atom. The van der Waals surface area contributed by atoms with Gasteiger partial charge < -0.3 is 5.11 Å². The van der Waals surface area contributed by atoms with Crippen LogP contribution in [-0.2, 0) is 16.6 Å². The average Bonchev–Trinajstić information content (AvgIpc) is 2.29. The van der Waals surface area contributed by atoms with Gasteiger partial charge in [-0.15, -0.1) is 6.58 Å². The van der Waals surface area contributed by atoms with Crippen molar-refractivity contribution in [2.24, 2.45) is 0 Å². The van der Waals surface area contributed by atoms with E-state index in [0.29, 0.717) is 0 Å². The Kier molecular flexibility index (Phi) is 4.65. The number of nitrogens with one attached hydrogen (secondary N) is 1. The third-order valence-electron chi connectivity index (χ3n) is 2.12. The zero-order chi connectivity index (χ0) is 12.9. The lowest BCUT2D eigenvalue weighted by atomic mass is 10.2. The first kappa shape index (κ1) is 13.7. The van der Waals surface area contributed by atoms with Crippen LogP contribution < -0.4 is 4.72 Å². The van der Waals surface area contributed by atoms with E-state index >= 15 is 0 Å². The van der Waals surface area contributed by atoms with Crippen LogP contribution in [0.15, 0.2) is 30.9 Å². The molecule has 0 aliphatic rings. The molecule has 0 amide bonds. The normalized spacial score (nSPS) is 11.2. The van der Waals surface area contributed by atoms with Gasteiger partial charge in [0.2, 0.25) is 10.0 Å². The number of hydrogen-bond donors (Lipinski definition) is 2. The van der Waals surface area contributed by atoms with E-state index in [0.717, 1.165) is 6.07 Å². The van der Waals surface area contributed by atoms with Crippen LogP contribution in [0.3, 0.4) is 0 Å². The van der Waals surface area contributed by atoms with Crippen LogP contribution in [-0.4, -0.2) is 19.3 Å². The van der Waals surface area contributed by atoms with Crippen LogP contribution >= 0.6 is 0 Å². The van der Waals surface area contributed by atoms with E-state index in [-0.39, 0.29) is 23.4 Å². The van der Waals surface area contributed by atoms with Gasteiger partial charge in [0.1, 0.15) is 5.82 Å². The van der Waals surface area contributed by atoms with Crippen molar-refractivity contribution in [3.8, 4) is 0 Å². The molecule has 94 valence electrons. The highest BCUT2D eigenvalue weighted by molar-refractivity contribution is 7.92. The van der Waals surface area contributed by atoms with Gasteiger partial charge in [0.15, 0.2) is 0 Å². The molecule has 1 rings (SSSR count). The number of sulfonamides is 1. The molecule has 4 nitrogen and oxygen atoms in total. The molecule has 0 spiro atoms. The van der Waals surface area contributed by atoms with Gasteiger partial charge in [-0.25, -0.2) is 12.8 Å². The molecule has 6 heteroatoms. The van der Waals surface area contributed by atoms with Crippen LogP contribution in [0, 0.1) is 5.82 Å². The first-order chi connectivity index (χ1) is 8.00. The number of para-hydroxylation sites is 1. The molecule has 0 atom stereocenters. The molecule has 0 saturated heterocycles. The summed E-state index contributed by atoms with van der Waals surface area (Å²) in [5, 5.41) is 9.00. The first-order valence-electron chi connectivity index (χ1n) is 5.00. The van der Waals surface area contributed by atoms with E-state index in [1.165, 1.54) is 18.2 Å². The van der Waals surface area contributed by atoms with Crippen LogP contribution in [0.2, 0.25) is 0 Å². The van der Waals surface area contributed by atoms with Gasteiger partial charge in [-0.05, 0) is 12.5 Å². The molecule has 0 aliphatic carbocycles. The smallest absolute Gasteiger partial charge is 0.233 e. The third-order valence-corrected chi connectivity index (χ3v) is 3.41. The van der Waals surface area contributed by atoms with E-state index in [9.17, 15) is 12.8 Å². The predicted molar refractivity (Wildman–Crippen MR) is 64.5 cm³/mol. The van der Waals surface area contributed by atoms with Crippen molar-refractivity contribution in [1.82, 2.24) is 0 Å². The van der Waals surface area contributed by atoms with Crippen LogP contribution in [0.4, 0.5) is 10.1 Å². The first-order valence-corrected chi connectivity index (χ1v) is 6.65. The summed E-state index contributed by atoms with van der Waals surface area (Å²) in [5.41, 5.74) is 0.00578. The molecule has 17 heavy (non-hydrogen) atoms. The van der Waals surface area contributed by atoms with Gasteiger partial charge in [0.25, 0.3) is 0 Å². The number of aliphatic hydroxyl groups excluding tert-OH is 1. The molecule has 2 N–H and O–H groups in total. The van der Waals surface area contributed by atoms with Crippen molar-refractivity contribution < 1.29 is 17.9 Å². The van der Waals surface area contributed by atoms with Crippen molar-refractivity contribution in [3.05, 3.63) is 42.2 Å². The summed E-state index contributed by atoms with van der Waals surface area (Å²) < 4.78 is 38.7. The van der Waals surface area contributed by atoms with Crippen LogP contribution in [0.1, 0.15) is 12.0 Å². The zero-order valence-electron chi connectivity index (χ0n) is 9.19. The lowest BCUT2D eigenvalue weighted by Crippen LogP contribution is -2.18. The minimum absolute atomic E-state index is 0.171. The molecular formula is C11H14FNO3S. The summed E-state index contributed by atoms with van der Waals surface area (Å²) in [6.45, 7) is 2.98. The second-order valence-electron chi connectivity index (χ2n) is 3.43. The third kappa shape index (κ3) is 3.83. The summed E-state index contributed by atoms with van der Waals surface area (Å²) in [6.07, 6.45) is 1.74. The molecule has 0 aliphatic heterocycles. The molecule has 0 radical (unpaired) electrons. The Morgan fingerprint density at radius 1 is 1.47 bits per heavy atom. The predicted octanol–water partition coefficient (Wildman–Crippen LogP) is 1.64. The largest absolute Gasteiger partial charge is 0.392 e. The number of anilines is 1. The Morgan fingerprint density at radius 2 is 2.18 bits per heavy atom. The van der Waals surface area contributed by atoms with Crippen LogP contribution in [0.25, 0.3) is 0 Å². The highest BCUT2D eigenvalue weighted by Crippen LogP contribution is 2.21. The van der Waals surface area contributed by atoms with E-state index in [1.54, 1.807) is 0 Å². The Labute approximate surface area is 99.8 Å². The lowest BCUT2D eigenvalue weighted by Gasteiger charge is -2.11. The highest BCUT2D eigenvalue weighted by Gasteiger charge is 2.15. The second kappa shape index (κ2) is 5.79. The number of halogens is 1. The molecule has 0 saturated carbocycles. The fourth-order valence-electron chi connectivity index (χ4n) is 1.26. The van der Waals surface area contributed by atoms with Gasteiger partial charge >= 0.3 is 0 Å². The summed E-state index contributed by atoms with van der Waals surface area (Å²) in [4.78, 5) is 0. The Bertz CT molecular complexity index is 499. The number of aliphatic hydroxyl groups is 1. The molecule has 0 fully saturated rings. The van der Waals surface area contributed by atoms with Crippen molar-refractivity contribution in [1.29, 1.82) is 0 Å². The maximum Gasteiger partial charge on any atom is 0.233 e. The van der Waals surface area contributed by atoms with Gasteiger partial charge in [-0.1, -0.05) is 18.2 Å². The highest BCUT2D eigenvalue weighted by atomic mass is 32.2. The molecule has 1 aromatic rings. The minimum atomic E-state index is -3.62. The number of rotatable bonds is 6. The molecular weight excluding hydrogens is 245 g/mol. The fourth-order valence-corrected chi connectivity index (χ4v) is 2.38. The standard InChI is InChI=1S/C11H14FNO3S/c1-2-3-7-17(15,16)13-11-9(8-14)5-4-6-10(11)12/h2,4-6,13-14H,1,3,7-8H2. The molecule has 0 heterocycles. The maximum absolute atomic E-state index is 13.4. The Balaban J connectivity index is 2.98. The number of allylic oxidation sites excluding steroid dienone is 1. The van der Waals surface area contributed by atoms with Gasteiger partial charge in [-0.2, -0.15) is 0 Å². The van der Waals surface area contributed by atoms with Gasteiger partial charge in [0, 0.05) is 5.56 Å². The molecule has 1 aromatic carbocycles. The SMILES string of the molecule is C=CCCS(=O)(=O)Nc1c(F)cccc1CO. The molecule has 0 unspecified atom stereocenters.